The van der Waals surface area contributed by atoms with Gasteiger partial charge in [0.15, 0.2) is 5.69 Å². The molecule has 0 fully saturated rings. The molecule has 0 atom stereocenters. The largest absolute Gasteiger partial charge is 0.465 e. The van der Waals surface area contributed by atoms with Crippen LogP contribution in [-0.2, 0) is 4.74 Å². The topological polar surface area (TPSA) is 109 Å². The number of rotatable bonds is 5. The summed E-state index contributed by atoms with van der Waals surface area (Å²) >= 11 is 6.01. The van der Waals surface area contributed by atoms with Crippen LogP contribution in [0.1, 0.15) is 27.6 Å². The first-order valence-electron chi connectivity index (χ1n) is 7.67. The Morgan fingerprint density at radius 1 is 1.30 bits per heavy atom. The number of furan rings is 1. The number of aromatic nitrogens is 1. The molecule has 3 aromatic rings. The second-order valence-corrected chi connectivity index (χ2v) is 5.87. The molecule has 0 aliphatic heterocycles. The summed E-state index contributed by atoms with van der Waals surface area (Å²) in [5, 5.41) is 14.9. The van der Waals surface area contributed by atoms with Gasteiger partial charge in [-0.05, 0) is 49.4 Å². The lowest BCUT2D eigenvalue weighted by molar-refractivity contribution is -0.386. The first-order valence-corrected chi connectivity index (χ1v) is 8.05. The van der Waals surface area contributed by atoms with Crippen molar-refractivity contribution in [1.29, 1.82) is 0 Å². The Bertz CT molecular complexity index is 1050. The van der Waals surface area contributed by atoms with E-state index in [1.165, 1.54) is 26.2 Å². The zero-order valence-electron chi connectivity index (χ0n) is 14.3. The van der Waals surface area contributed by atoms with Crippen LogP contribution in [0, 0.1) is 17.0 Å². The SMILES string of the molecule is COC(=O)c1cc(-c2ccc(/C=C\c3onc(C)c3[N+](=O)[O-])o2)ccc1Cl. The number of hydrogen-bond donors (Lipinski definition) is 0. The second-order valence-electron chi connectivity index (χ2n) is 5.46. The van der Waals surface area contributed by atoms with Crippen molar-refractivity contribution in [1.82, 2.24) is 5.16 Å². The highest BCUT2D eigenvalue weighted by Gasteiger charge is 2.22. The van der Waals surface area contributed by atoms with Crippen molar-refractivity contribution < 1.29 is 23.4 Å². The molecule has 0 aliphatic carbocycles. The Morgan fingerprint density at radius 3 is 2.78 bits per heavy atom. The highest BCUT2D eigenvalue weighted by Crippen LogP contribution is 2.29. The Balaban J connectivity index is 1.88. The number of benzene rings is 1. The Morgan fingerprint density at radius 2 is 2.07 bits per heavy atom. The number of nitro groups is 1. The number of methoxy groups -OCH3 is 1. The molecule has 0 saturated heterocycles. The van der Waals surface area contributed by atoms with Gasteiger partial charge in [-0.3, -0.25) is 10.1 Å². The van der Waals surface area contributed by atoms with E-state index in [0.717, 1.165) is 0 Å². The van der Waals surface area contributed by atoms with E-state index in [-0.39, 0.29) is 27.7 Å². The number of nitrogens with zero attached hydrogens (tertiary/aromatic N) is 2. The third-order valence-electron chi connectivity index (χ3n) is 3.72. The van der Waals surface area contributed by atoms with E-state index in [4.69, 9.17) is 25.3 Å². The lowest BCUT2D eigenvalue weighted by atomic mass is 10.1. The first kappa shape index (κ1) is 18.4. The monoisotopic (exact) mass is 388 g/mol. The molecule has 2 heterocycles. The molecule has 0 saturated carbocycles. The van der Waals surface area contributed by atoms with Crippen LogP contribution < -0.4 is 0 Å². The molecule has 0 unspecified atom stereocenters. The molecular weight excluding hydrogens is 376 g/mol. The fourth-order valence-electron chi connectivity index (χ4n) is 2.41. The maximum Gasteiger partial charge on any atom is 0.339 e. The molecule has 27 heavy (non-hydrogen) atoms. The van der Waals surface area contributed by atoms with Crippen molar-refractivity contribution in [3.8, 4) is 11.3 Å². The highest BCUT2D eigenvalue weighted by atomic mass is 35.5. The lowest BCUT2D eigenvalue weighted by Crippen LogP contribution is -2.02. The van der Waals surface area contributed by atoms with E-state index in [1.54, 1.807) is 30.3 Å². The van der Waals surface area contributed by atoms with Crippen LogP contribution in [0.5, 0.6) is 0 Å². The third kappa shape index (κ3) is 3.75. The van der Waals surface area contributed by atoms with Gasteiger partial charge in [0, 0.05) is 5.56 Å². The molecule has 3 rings (SSSR count). The molecule has 0 radical (unpaired) electrons. The van der Waals surface area contributed by atoms with Gasteiger partial charge < -0.3 is 13.7 Å². The fourth-order valence-corrected chi connectivity index (χ4v) is 2.61. The summed E-state index contributed by atoms with van der Waals surface area (Å²) in [6.07, 6.45) is 2.93. The summed E-state index contributed by atoms with van der Waals surface area (Å²) < 4.78 is 15.3. The normalized spacial score (nSPS) is 11.1. The van der Waals surface area contributed by atoms with E-state index in [0.29, 0.717) is 17.1 Å². The summed E-state index contributed by atoms with van der Waals surface area (Å²) in [4.78, 5) is 22.2. The number of carbonyl (C=O) groups is 1. The second kappa shape index (κ2) is 7.46. The van der Waals surface area contributed by atoms with Crippen molar-refractivity contribution in [3.63, 3.8) is 0 Å². The third-order valence-corrected chi connectivity index (χ3v) is 4.05. The van der Waals surface area contributed by atoms with Crippen molar-refractivity contribution in [2.45, 2.75) is 6.92 Å². The molecule has 0 amide bonds. The molecule has 2 aromatic heterocycles. The average Bonchev–Trinajstić information content (AvgIpc) is 3.26. The molecule has 0 aliphatic rings. The maximum atomic E-state index is 11.8. The standard InChI is InChI=1S/C18H13ClN2O6/c1-10-17(21(23)24)16(27-20-10)8-5-12-4-7-15(26-12)11-3-6-14(19)13(9-11)18(22)25-2/h3-9H,1-2H3/b8-5-. The number of aryl methyl sites for hydroxylation is 1. The zero-order chi connectivity index (χ0) is 19.6. The quantitative estimate of drug-likeness (QED) is 0.352. The number of esters is 1. The summed E-state index contributed by atoms with van der Waals surface area (Å²) in [5.41, 5.74) is 0.841. The van der Waals surface area contributed by atoms with E-state index < -0.39 is 10.9 Å². The summed E-state index contributed by atoms with van der Waals surface area (Å²) in [6.45, 7) is 1.49. The molecule has 0 bridgehead atoms. The van der Waals surface area contributed by atoms with Crippen LogP contribution in [0.15, 0.2) is 39.3 Å². The predicted octanol–water partition coefficient (Wildman–Crippen LogP) is 4.76. The van der Waals surface area contributed by atoms with Crippen LogP contribution in [0.4, 0.5) is 5.69 Å². The molecule has 0 N–H and O–H groups in total. The minimum absolute atomic E-state index is 0.0231. The van der Waals surface area contributed by atoms with Crippen molar-refractivity contribution >= 4 is 35.4 Å². The van der Waals surface area contributed by atoms with Gasteiger partial charge in [0.05, 0.1) is 22.6 Å². The molecular formula is C18H13ClN2O6. The number of ether oxygens (including phenoxy) is 1. The zero-order valence-corrected chi connectivity index (χ0v) is 15.0. The molecule has 0 spiro atoms. The van der Waals surface area contributed by atoms with Crippen LogP contribution in [0.25, 0.3) is 23.5 Å². The summed E-state index contributed by atoms with van der Waals surface area (Å²) in [5.74, 6) is 0.388. The Kier molecular flexibility index (Phi) is 5.09. The number of halogens is 1. The first-order chi connectivity index (χ1) is 12.9. The Hall–Kier alpha value is -3.39. The van der Waals surface area contributed by atoms with Crippen LogP contribution >= 0.6 is 11.6 Å². The lowest BCUT2D eigenvalue weighted by Gasteiger charge is -2.04. The summed E-state index contributed by atoms with van der Waals surface area (Å²) in [6, 6.07) is 8.20. The van der Waals surface area contributed by atoms with E-state index in [1.807, 2.05) is 0 Å². The van der Waals surface area contributed by atoms with Crippen LogP contribution in [0.2, 0.25) is 5.02 Å². The van der Waals surface area contributed by atoms with Crippen LogP contribution in [-0.4, -0.2) is 23.2 Å². The predicted molar refractivity (Wildman–Crippen MR) is 97.3 cm³/mol. The van der Waals surface area contributed by atoms with E-state index in [2.05, 4.69) is 5.16 Å². The van der Waals surface area contributed by atoms with Crippen LogP contribution in [0.3, 0.4) is 0 Å². The number of hydrogen-bond acceptors (Lipinski definition) is 7. The molecule has 138 valence electrons. The van der Waals surface area contributed by atoms with E-state index in [9.17, 15) is 14.9 Å². The van der Waals surface area contributed by atoms with Gasteiger partial charge in [-0.1, -0.05) is 16.8 Å². The van der Waals surface area contributed by atoms with Gasteiger partial charge in [0.2, 0.25) is 5.76 Å². The summed E-state index contributed by atoms with van der Waals surface area (Å²) in [7, 11) is 1.27. The maximum absolute atomic E-state index is 11.8. The highest BCUT2D eigenvalue weighted by molar-refractivity contribution is 6.33. The minimum Gasteiger partial charge on any atom is -0.465 e. The Labute approximate surface area is 158 Å². The van der Waals surface area contributed by atoms with E-state index >= 15 is 0 Å². The van der Waals surface area contributed by atoms with Crippen molar-refractivity contribution in [3.05, 3.63) is 68.2 Å². The molecule has 1 aromatic carbocycles. The number of carbonyl (C=O) groups excluding carboxylic acids is 1. The van der Waals surface area contributed by atoms with Crippen molar-refractivity contribution in [2.75, 3.05) is 7.11 Å². The smallest absolute Gasteiger partial charge is 0.339 e. The fraction of sp³-hybridized carbons (Fsp3) is 0.111. The van der Waals surface area contributed by atoms with Gasteiger partial charge in [0.1, 0.15) is 11.5 Å². The van der Waals surface area contributed by atoms with Gasteiger partial charge in [-0.15, -0.1) is 0 Å². The molecule has 9 heteroatoms. The average molecular weight is 389 g/mol. The van der Waals surface area contributed by atoms with Gasteiger partial charge >= 0.3 is 11.7 Å². The van der Waals surface area contributed by atoms with Gasteiger partial charge in [-0.2, -0.15) is 0 Å². The minimum atomic E-state index is -0.554. The van der Waals surface area contributed by atoms with Gasteiger partial charge in [-0.25, -0.2) is 4.79 Å². The van der Waals surface area contributed by atoms with Crippen molar-refractivity contribution in [2.24, 2.45) is 0 Å². The molecule has 8 nitrogen and oxygen atoms in total. The van der Waals surface area contributed by atoms with Gasteiger partial charge in [0.25, 0.3) is 0 Å².